The van der Waals surface area contributed by atoms with Crippen LogP contribution in [-0.2, 0) is 4.74 Å². The molecule has 0 saturated carbocycles. The van der Waals surface area contributed by atoms with Crippen LogP contribution in [0.1, 0.15) is 15.9 Å². The third-order valence-electron chi connectivity index (χ3n) is 1.84. The molecule has 0 spiro atoms. The first-order valence-electron chi connectivity index (χ1n) is 4.03. The van der Waals surface area contributed by atoms with Crippen molar-refractivity contribution in [3.63, 3.8) is 0 Å². The van der Waals surface area contributed by atoms with E-state index >= 15 is 0 Å². The molecule has 0 saturated heterocycles. The van der Waals surface area contributed by atoms with E-state index in [0.717, 1.165) is 0 Å². The van der Waals surface area contributed by atoms with E-state index in [4.69, 9.17) is 10.00 Å². The molecule has 1 rings (SSSR count). The van der Waals surface area contributed by atoms with Crippen LogP contribution in [0.15, 0.2) is 12.1 Å². The van der Waals surface area contributed by atoms with Gasteiger partial charge in [0, 0.05) is 6.07 Å². The van der Waals surface area contributed by atoms with Crippen LogP contribution in [0.25, 0.3) is 0 Å². The minimum Gasteiger partial charge on any atom is -0.507 e. The smallest absolute Gasteiger partial charge is 0.341 e. The lowest BCUT2D eigenvalue weighted by molar-refractivity contribution is 0.0597. The number of carbonyl (C=O) groups is 1. The fraction of sp³-hybridized carbons (Fsp3) is 0.200. The minimum absolute atomic E-state index is 0.0603. The van der Waals surface area contributed by atoms with E-state index in [-0.39, 0.29) is 22.6 Å². The van der Waals surface area contributed by atoms with Crippen molar-refractivity contribution in [1.29, 1.82) is 5.26 Å². The van der Waals surface area contributed by atoms with Crippen LogP contribution in [0, 0.1) is 11.3 Å². The number of carbonyl (C=O) groups excluding carboxylic acids is 1. The van der Waals surface area contributed by atoms with Gasteiger partial charge >= 0.3 is 5.97 Å². The number of hydrogen-bond acceptors (Lipinski definition) is 5. The number of hydrogen-bond donors (Lipinski definition) is 1. The molecule has 0 heterocycles. The van der Waals surface area contributed by atoms with Crippen LogP contribution in [0.3, 0.4) is 0 Å². The van der Waals surface area contributed by atoms with E-state index in [1.54, 1.807) is 0 Å². The zero-order valence-electron chi connectivity index (χ0n) is 8.27. The Morgan fingerprint density at radius 2 is 2.13 bits per heavy atom. The number of ether oxygens (including phenoxy) is 2. The highest BCUT2D eigenvalue weighted by Gasteiger charge is 2.15. The molecule has 0 aliphatic carbocycles. The Labute approximate surface area is 86.5 Å². The molecule has 0 fully saturated rings. The fourth-order valence-corrected chi connectivity index (χ4v) is 1.10. The van der Waals surface area contributed by atoms with Crippen LogP contribution in [0.4, 0.5) is 0 Å². The Kier molecular flexibility index (Phi) is 3.13. The molecule has 0 aliphatic rings. The van der Waals surface area contributed by atoms with Gasteiger partial charge in [0.1, 0.15) is 23.1 Å². The molecule has 0 aliphatic heterocycles. The quantitative estimate of drug-likeness (QED) is 0.733. The van der Waals surface area contributed by atoms with E-state index < -0.39 is 5.97 Å². The van der Waals surface area contributed by atoms with Crippen molar-refractivity contribution >= 4 is 5.97 Å². The number of benzene rings is 1. The van der Waals surface area contributed by atoms with E-state index in [1.165, 1.54) is 26.4 Å². The van der Waals surface area contributed by atoms with Crippen molar-refractivity contribution in [3.8, 4) is 17.6 Å². The highest BCUT2D eigenvalue weighted by atomic mass is 16.5. The Bertz CT molecular complexity index is 434. The second-order valence-electron chi connectivity index (χ2n) is 2.67. The molecule has 5 nitrogen and oxygen atoms in total. The van der Waals surface area contributed by atoms with E-state index in [0.29, 0.717) is 0 Å². The van der Waals surface area contributed by atoms with Crippen LogP contribution in [0.5, 0.6) is 11.5 Å². The molecule has 0 unspecified atom stereocenters. The molecule has 15 heavy (non-hydrogen) atoms. The predicted molar refractivity (Wildman–Crippen MR) is 50.7 cm³/mol. The maximum Gasteiger partial charge on any atom is 0.341 e. The number of phenolic OH excluding ortho intramolecular Hbond substituents is 1. The van der Waals surface area contributed by atoms with Crippen molar-refractivity contribution in [2.24, 2.45) is 0 Å². The molecule has 1 N–H and O–H groups in total. The molecule has 78 valence electrons. The molecule has 0 radical (unpaired) electrons. The van der Waals surface area contributed by atoms with Crippen molar-refractivity contribution in [3.05, 3.63) is 23.3 Å². The zero-order valence-corrected chi connectivity index (χ0v) is 8.27. The number of phenols is 1. The summed E-state index contributed by atoms with van der Waals surface area (Å²) in [4.78, 5) is 11.2. The average molecular weight is 207 g/mol. The molecular weight excluding hydrogens is 198 g/mol. The Morgan fingerprint density at radius 3 is 2.60 bits per heavy atom. The minimum atomic E-state index is -0.702. The highest BCUT2D eigenvalue weighted by Crippen LogP contribution is 2.28. The van der Waals surface area contributed by atoms with Gasteiger partial charge in [-0.1, -0.05) is 0 Å². The average Bonchev–Trinajstić information content (AvgIpc) is 2.27. The van der Waals surface area contributed by atoms with E-state index in [9.17, 15) is 9.90 Å². The maximum absolute atomic E-state index is 11.2. The van der Waals surface area contributed by atoms with Crippen molar-refractivity contribution in [2.75, 3.05) is 14.2 Å². The summed E-state index contributed by atoms with van der Waals surface area (Å²) in [5.74, 6) is -0.771. The Balaban J connectivity index is 3.33. The molecule has 0 bridgehead atoms. The van der Waals surface area contributed by atoms with Crippen LogP contribution in [0.2, 0.25) is 0 Å². The first kappa shape index (κ1) is 10.9. The molecule has 0 atom stereocenters. The maximum atomic E-state index is 11.2. The lowest BCUT2D eigenvalue weighted by Gasteiger charge is -2.06. The molecule has 0 amide bonds. The Morgan fingerprint density at radius 1 is 1.47 bits per heavy atom. The number of aromatic hydroxyl groups is 1. The largest absolute Gasteiger partial charge is 0.507 e. The monoisotopic (exact) mass is 207 g/mol. The summed E-state index contributed by atoms with van der Waals surface area (Å²) < 4.78 is 9.29. The third-order valence-corrected chi connectivity index (χ3v) is 1.84. The standard InChI is InChI=1S/C10H9NO4/c1-14-9-4-8(12)7(10(13)15-2)3-6(9)5-11/h3-4,12H,1-2H3. The van der Waals surface area contributed by atoms with Gasteiger partial charge in [-0.15, -0.1) is 0 Å². The highest BCUT2D eigenvalue weighted by molar-refractivity contribution is 5.93. The predicted octanol–water partition coefficient (Wildman–Crippen LogP) is 1.06. The van der Waals surface area contributed by atoms with Gasteiger partial charge in [0.05, 0.1) is 19.8 Å². The second kappa shape index (κ2) is 4.33. The van der Waals surface area contributed by atoms with Gasteiger partial charge in [0.2, 0.25) is 0 Å². The first-order chi connectivity index (χ1) is 7.13. The summed E-state index contributed by atoms with van der Waals surface area (Å²) in [7, 11) is 2.56. The van der Waals surface area contributed by atoms with Gasteiger partial charge in [-0.05, 0) is 6.07 Å². The fourth-order valence-electron chi connectivity index (χ4n) is 1.10. The van der Waals surface area contributed by atoms with Crippen molar-refractivity contribution in [1.82, 2.24) is 0 Å². The molecular formula is C10H9NO4. The summed E-state index contributed by atoms with van der Waals surface area (Å²) in [5.41, 5.74) is 0.102. The van der Waals surface area contributed by atoms with E-state index in [2.05, 4.69) is 4.74 Å². The lowest BCUT2D eigenvalue weighted by atomic mass is 10.1. The Hall–Kier alpha value is -2.22. The van der Waals surface area contributed by atoms with Gasteiger partial charge in [-0.3, -0.25) is 0 Å². The first-order valence-corrected chi connectivity index (χ1v) is 4.03. The van der Waals surface area contributed by atoms with Crippen molar-refractivity contribution in [2.45, 2.75) is 0 Å². The molecule has 0 aromatic heterocycles. The molecule has 1 aromatic rings. The normalized spacial score (nSPS) is 9.13. The van der Waals surface area contributed by atoms with Gasteiger partial charge in [0.15, 0.2) is 0 Å². The second-order valence-corrected chi connectivity index (χ2v) is 2.67. The number of esters is 1. The third kappa shape index (κ3) is 1.99. The summed E-state index contributed by atoms with van der Waals surface area (Å²) in [6, 6.07) is 4.27. The SMILES string of the molecule is COC(=O)c1cc(C#N)c(OC)cc1O. The van der Waals surface area contributed by atoms with Gasteiger partial charge in [-0.25, -0.2) is 4.79 Å². The molecule has 5 heteroatoms. The number of nitriles is 1. The van der Waals surface area contributed by atoms with Crippen LogP contribution < -0.4 is 4.74 Å². The summed E-state index contributed by atoms with van der Waals surface area (Å²) in [6.07, 6.45) is 0. The lowest BCUT2D eigenvalue weighted by Crippen LogP contribution is -2.03. The summed E-state index contributed by atoms with van der Waals surface area (Å²) in [6.45, 7) is 0. The van der Waals surface area contributed by atoms with Gasteiger partial charge in [0.25, 0.3) is 0 Å². The number of methoxy groups -OCH3 is 2. The van der Waals surface area contributed by atoms with Gasteiger partial charge in [-0.2, -0.15) is 5.26 Å². The summed E-state index contributed by atoms with van der Waals surface area (Å²) >= 11 is 0. The number of nitrogens with zero attached hydrogens (tertiary/aromatic N) is 1. The molecule has 1 aromatic carbocycles. The number of rotatable bonds is 2. The van der Waals surface area contributed by atoms with Gasteiger partial charge < -0.3 is 14.6 Å². The van der Waals surface area contributed by atoms with E-state index in [1.807, 2.05) is 6.07 Å². The zero-order chi connectivity index (χ0) is 11.4. The summed E-state index contributed by atoms with van der Waals surface area (Å²) in [5, 5.41) is 18.2. The van der Waals surface area contributed by atoms with Crippen LogP contribution in [-0.4, -0.2) is 25.3 Å². The van der Waals surface area contributed by atoms with Crippen molar-refractivity contribution < 1.29 is 19.4 Å². The topological polar surface area (TPSA) is 79.6 Å². The van der Waals surface area contributed by atoms with Crippen LogP contribution >= 0.6 is 0 Å².